The van der Waals surface area contributed by atoms with Crippen molar-refractivity contribution in [3.05, 3.63) is 6.33 Å². The van der Waals surface area contributed by atoms with E-state index < -0.39 is 12.0 Å². The van der Waals surface area contributed by atoms with Gasteiger partial charge in [-0.05, 0) is 30.9 Å². The molecule has 0 radical (unpaired) electrons. The van der Waals surface area contributed by atoms with E-state index in [4.69, 9.17) is 5.11 Å². The van der Waals surface area contributed by atoms with Gasteiger partial charge in [-0.3, -0.25) is 4.79 Å². The summed E-state index contributed by atoms with van der Waals surface area (Å²) >= 11 is 2.88. The molecule has 0 aliphatic carbocycles. The van der Waals surface area contributed by atoms with Gasteiger partial charge in [0.1, 0.15) is 12.4 Å². The van der Waals surface area contributed by atoms with E-state index in [2.05, 4.69) is 14.7 Å². The molecule has 1 rings (SSSR count). The van der Waals surface area contributed by atoms with E-state index in [1.54, 1.807) is 11.8 Å². The number of thioether (sulfide) groups is 1. The molecule has 1 aromatic rings. The van der Waals surface area contributed by atoms with E-state index in [0.717, 1.165) is 23.1 Å². The molecule has 7 heteroatoms. The predicted octanol–water partition coefficient (Wildman–Crippen LogP) is 1.47. The van der Waals surface area contributed by atoms with Crippen LogP contribution in [0.2, 0.25) is 0 Å². The van der Waals surface area contributed by atoms with Crippen molar-refractivity contribution in [2.24, 2.45) is 0 Å². The summed E-state index contributed by atoms with van der Waals surface area (Å²) in [7, 11) is 0. The van der Waals surface area contributed by atoms with Crippen molar-refractivity contribution < 1.29 is 9.90 Å². The zero-order valence-corrected chi connectivity index (χ0v) is 10.7. The van der Waals surface area contributed by atoms with Crippen LogP contribution in [-0.4, -0.2) is 38.8 Å². The zero-order chi connectivity index (χ0) is 11.8. The number of carboxylic acids is 1. The lowest BCUT2D eigenvalue weighted by atomic mass is 10.2. The van der Waals surface area contributed by atoms with Crippen LogP contribution in [0.15, 0.2) is 10.7 Å². The summed E-state index contributed by atoms with van der Waals surface area (Å²) in [5.74, 6) is -0.0469. The van der Waals surface area contributed by atoms with Crippen molar-refractivity contribution in [3.8, 4) is 0 Å². The molecule has 5 nitrogen and oxygen atoms in total. The highest BCUT2D eigenvalue weighted by atomic mass is 32.2. The maximum absolute atomic E-state index is 10.9. The van der Waals surface area contributed by atoms with Crippen LogP contribution in [0.3, 0.4) is 0 Å². The Morgan fingerprint density at radius 2 is 2.56 bits per heavy atom. The Morgan fingerprint density at radius 3 is 3.12 bits per heavy atom. The van der Waals surface area contributed by atoms with Crippen LogP contribution in [-0.2, 0) is 4.79 Å². The average Bonchev–Trinajstić information content (AvgIpc) is 2.75. The normalized spacial score (nSPS) is 12.6. The third kappa shape index (κ3) is 4.91. The molecule has 0 aliphatic heterocycles. The van der Waals surface area contributed by atoms with E-state index >= 15 is 0 Å². The molecule has 2 N–H and O–H groups in total. The molecule has 0 spiro atoms. The first-order valence-corrected chi connectivity index (χ1v) is 6.85. The minimum Gasteiger partial charge on any atom is -0.480 e. The average molecular weight is 261 g/mol. The number of rotatable bonds is 8. The number of carboxylic acid groups (broad SMARTS) is 1. The van der Waals surface area contributed by atoms with Gasteiger partial charge < -0.3 is 10.4 Å². The van der Waals surface area contributed by atoms with Crippen LogP contribution in [0.4, 0.5) is 0 Å². The summed E-state index contributed by atoms with van der Waals surface area (Å²) < 4.78 is 4.77. The summed E-state index contributed by atoms with van der Waals surface area (Å²) in [6.07, 6.45) is 3.05. The van der Waals surface area contributed by atoms with Crippen molar-refractivity contribution in [2.45, 2.75) is 30.1 Å². The minimum absolute atomic E-state index is 0.458. The molecule has 0 aromatic carbocycles. The zero-order valence-electron chi connectivity index (χ0n) is 9.05. The van der Waals surface area contributed by atoms with Crippen LogP contribution in [0.5, 0.6) is 0 Å². The fourth-order valence-corrected chi connectivity index (χ4v) is 2.64. The van der Waals surface area contributed by atoms with Crippen LogP contribution in [0, 0.1) is 0 Å². The topological polar surface area (TPSA) is 75.1 Å². The molecule has 0 fully saturated rings. The highest BCUT2D eigenvalue weighted by Crippen LogP contribution is 2.19. The Morgan fingerprint density at radius 1 is 1.75 bits per heavy atom. The van der Waals surface area contributed by atoms with Gasteiger partial charge in [0.15, 0.2) is 4.34 Å². The van der Waals surface area contributed by atoms with Crippen molar-refractivity contribution in [2.75, 3.05) is 12.3 Å². The van der Waals surface area contributed by atoms with Crippen molar-refractivity contribution in [1.82, 2.24) is 14.7 Å². The van der Waals surface area contributed by atoms with Gasteiger partial charge in [-0.2, -0.15) is 4.37 Å². The fourth-order valence-electron chi connectivity index (χ4n) is 1.12. The van der Waals surface area contributed by atoms with E-state index in [9.17, 15) is 4.79 Å². The molecule has 1 atom stereocenters. The summed E-state index contributed by atoms with van der Waals surface area (Å²) in [6, 6.07) is -0.458. The van der Waals surface area contributed by atoms with Crippen LogP contribution >= 0.6 is 23.3 Å². The van der Waals surface area contributed by atoms with Gasteiger partial charge in [0.2, 0.25) is 0 Å². The van der Waals surface area contributed by atoms with Crippen LogP contribution in [0.1, 0.15) is 19.8 Å². The maximum atomic E-state index is 10.9. The van der Waals surface area contributed by atoms with E-state index in [0.29, 0.717) is 6.42 Å². The molecule has 1 heterocycles. The van der Waals surface area contributed by atoms with E-state index in [1.165, 1.54) is 17.9 Å². The number of nitrogens with one attached hydrogen (secondary N) is 1. The standard InChI is InChI=1S/C9H15N3O2S2/c1-2-4-10-7(8(13)14)3-5-15-9-11-6-12-16-9/h6-7,10H,2-5H2,1H3,(H,13,14). The van der Waals surface area contributed by atoms with Crippen molar-refractivity contribution >= 4 is 29.3 Å². The van der Waals surface area contributed by atoms with Crippen LogP contribution in [0.25, 0.3) is 0 Å². The molecule has 0 bridgehead atoms. The summed E-state index contributed by atoms with van der Waals surface area (Å²) in [5.41, 5.74) is 0. The lowest BCUT2D eigenvalue weighted by Gasteiger charge is -2.12. The third-order valence-corrected chi connectivity index (χ3v) is 3.74. The molecule has 90 valence electrons. The highest BCUT2D eigenvalue weighted by molar-refractivity contribution is 8.00. The monoisotopic (exact) mass is 261 g/mol. The number of carbonyl (C=O) groups is 1. The van der Waals surface area contributed by atoms with Gasteiger partial charge in [-0.25, -0.2) is 4.98 Å². The van der Waals surface area contributed by atoms with Crippen molar-refractivity contribution in [3.63, 3.8) is 0 Å². The molecule has 0 saturated carbocycles. The lowest BCUT2D eigenvalue weighted by Crippen LogP contribution is -2.37. The Hall–Kier alpha value is -0.660. The van der Waals surface area contributed by atoms with Gasteiger partial charge >= 0.3 is 5.97 Å². The smallest absolute Gasteiger partial charge is 0.320 e. The molecular formula is C9H15N3O2S2. The molecule has 1 unspecified atom stereocenters. The highest BCUT2D eigenvalue weighted by Gasteiger charge is 2.15. The van der Waals surface area contributed by atoms with Gasteiger partial charge in [-0.1, -0.05) is 18.7 Å². The number of nitrogens with zero attached hydrogens (tertiary/aromatic N) is 2. The predicted molar refractivity (Wildman–Crippen MR) is 65.0 cm³/mol. The Kier molecular flexibility index (Phi) is 6.36. The fraction of sp³-hybridized carbons (Fsp3) is 0.667. The molecule has 0 aliphatic rings. The number of aliphatic carboxylic acids is 1. The lowest BCUT2D eigenvalue weighted by molar-refractivity contribution is -0.139. The first kappa shape index (κ1) is 13.4. The maximum Gasteiger partial charge on any atom is 0.320 e. The van der Waals surface area contributed by atoms with Crippen molar-refractivity contribution in [1.29, 1.82) is 0 Å². The van der Waals surface area contributed by atoms with Gasteiger partial charge in [0.25, 0.3) is 0 Å². The van der Waals surface area contributed by atoms with Gasteiger partial charge in [0, 0.05) is 5.75 Å². The van der Waals surface area contributed by atoms with Gasteiger partial charge in [0.05, 0.1) is 0 Å². The molecule has 1 aromatic heterocycles. The Bertz CT molecular complexity index is 306. The molecule has 16 heavy (non-hydrogen) atoms. The second-order valence-electron chi connectivity index (χ2n) is 3.19. The van der Waals surface area contributed by atoms with E-state index in [1.807, 2.05) is 6.92 Å². The summed E-state index contributed by atoms with van der Waals surface area (Å²) in [4.78, 5) is 14.9. The molecular weight excluding hydrogens is 246 g/mol. The largest absolute Gasteiger partial charge is 0.480 e. The minimum atomic E-state index is -0.786. The van der Waals surface area contributed by atoms with E-state index in [-0.39, 0.29) is 0 Å². The summed E-state index contributed by atoms with van der Waals surface area (Å²) in [6.45, 7) is 2.75. The number of hydrogen-bond donors (Lipinski definition) is 2. The quantitative estimate of drug-likeness (QED) is 0.690. The SMILES string of the molecule is CCCNC(CCSc1ncns1)C(=O)O. The number of hydrogen-bond acceptors (Lipinski definition) is 6. The van der Waals surface area contributed by atoms with Crippen LogP contribution < -0.4 is 5.32 Å². The second-order valence-corrected chi connectivity index (χ2v) is 5.31. The Balaban J connectivity index is 2.24. The first-order chi connectivity index (χ1) is 7.74. The molecule has 0 saturated heterocycles. The first-order valence-electron chi connectivity index (χ1n) is 5.09. The molecule has 0 amide bonds. The second kappa shape index (κ2) is 7.59. The summed E-state index contributed by atoms with van der Waals surface area (Å²) in [5, 5.41) is 12.0. The van der Waals surface area contributed by atoms with Gasteiger partial charge in [-0.15, -0.1) is 0 Å². The Labute approximate surface area is 103 Å². The third-order valence-electron chi connectivity index (χ3n) is 1.91. The number of aromatic nitrogens is 2.